The first-order valence-electron chi connectivity index (χ1n) is 10.1. The fraction of sp³-hybridized carbons (Fsp3) is 0.208. The predicted octanol–water partition coefficient (Wildman–Crippen LogP) is 5.34. The summed E-state index contributed by atoms with van der Waals surface area (Å²) >= 11 is 6.29. The number of rotatable bonds is 8. The van der Waals surface area contributed by atoms with Crippen molar-refractivity contribution in [2.45, 2.75) is 31.2 Å². The Bertz CT molecular complexity index is 1190. The number of sulfonamides is 1. The molecule has 0 heterocycles. The van der Waals surface area contributed by atoms with Gasteiger partial charge >= 0.3 is 0 Å². The highest BCUT2D eigenvalue weighted by molar-refractivity contribution is 7.92. The predicted molar refractivity (Wildman–Crippen MR) is 127 cm³/mol. The molecule has 1 atom stereocenters. The second-order valence-corrected chi connectivity index (χ2v) is 9.41. The van der Waals surface area contributed by atoms with Gasteiger partial charge in [-0.25, -0.2) is 8.42 Å². The van der Waals surface area contributed by atoms with Crippen LogP contribution >= 0.6 is 11.6 Å². The number of hydrogen-bond donors (Lipinski definition) is 2. The maximum Gasteiger partial charge on any atom is 0.261 e. The van der Waals surface area contributed by atoms with Gasteiger partial charge in [0.2, 0.25) is 0 Å². The molecule has 6 nitrogen and oxygen atoms in total. The van der Waals surface area contributed by atoms with Crippen molar-refractivity contribution in [3.05, 3.63) is 88.4 Å². The lowest BCUT2D eigenvalue weighted by atomic mass is 10.0. The third kappa shape index (κ3) is 5.60. The molecule has 0 aliphatic heterocycles. The zero-order valence-corrected chi connectivity index (χ0v) is 19.6. The van der Waals surface area contributed by atoms with Gasteiger partial charge in [-0.3, -0.25) is 9.52 Å². The van der Waals surface area contributed by atoms with Gasteiger partial charge in [-0.2, -0.15) is 0 Å². The van der Waals surface area contributed by atoms with E-state index in [2.05, 4.69) is 10.0 Å². The number of benzene rings is 3. The molecule has 0 unspecified atom stereocenters. The van der Waals surface area contributed by atoms with Crippen LogP contribution in [-0.4, -0.2) is 21.4 Å². The van der Waals surface area contributed by atoms with Crippen LogP contribution in [0.4, 0.5) is 5.69 Å². The Morgan fingerprint density at radius 1 is 1.03 bits per heavy atom. The number of aryl methyl sites for hydroxylation is 1. The highest BCUT2D eigenvalue weighted by Crippen LogP contribution is 2.27. The van der Waals surface area contributed by atoms with Crippen LogP contribution in [0.5, 0.6) is 5.75 Å². The largest absolute Gasteiger partial charge is 0.497 e. The van der Waals surface area contributed by atoms with E-state index in [4.69, 9.17) is 16.3 Å². The average molecular weight is 473 g/mol. The number of amides is 1. The number of ether oxygens (including phenoxy) is 1. The molecule has 0 radical (unpaired) electrons. The SMILES string of the molecule is CC[C@@H](NC(=O)c1ccc(NS(=O)(=O)c2ccc(C)cc2)c(Cl)c1)c1ccc(OC)cc1. The third-order valence-corrected chi connectivity index (χ3v) is 6.73. The number of anilines is 1. The Morgan fingerprint density at radius 2 is 1.69 bits per heavy atom. The molecule has 1 amide bonds. The van der Waals surface area contributed by atoms with Gasteiger partial charge in [0, 0.05) is 5.56 Å². The van der Waals surface area contributed by atoms with Crippen molar-refractivity contribution in [2.24, 2.45) is 0 Å². The van der Waals surface area contributed by atoms with Crippen molar-refractivity contribution >= 4 is 33.2 Å². The van der Waals surface area contributed by atoms with Gasteiger partial charge in [-0.1, -0.05) is 48.4 Å². The molecule has 3 rings (SSSR count). The lowest BCUT2D eigenvalue weighted by Crippen LogP contribution is -2.28. The molecule has 8 heteroatoms. The molecule has 0 spiro atoms. The third-order valence-electron chi connectivity index (χ3n) is 5.04. The number of hydrogen-bond acceptors (Lipinski definition) is 4. The molecule has 0 aliphatic rings. The molecular weight excluding hydrogens is 448 g/mol. The maximum absolute atomic E-state index is 12.8. The van der Waals surface area contributed by atoms with Gasteiger partial charge in [0.15, 0.2) is 0 Å². The topological polar surface area (TPSA) is 84.5 Å². The van der Waals surface area contributed by atoms with Crippen LogP contribution in [0, 0.1) is 6.92 Å². The molecule has 0 aliphatic carbocycles. The number of halogens is 1. The van der Waals surface area contributed by atoms with Crippen molar-refractivity contribution in [3.63, 3.8) is 0 Å². The van der Waals surface area contributed by atoms with Crippen molar-refractivity contribution in [1.29, 1.82) is 0 Å². The first kappa shape index (κ1) is 23.6. The van der Waals surface area contributed by atoms with Crippen LogP contribution in [0.3, 0.4) is 0 Å². The number of nitrogens with one attached hydrogen (secondary N) is 2. The fourth-order valence-corrected chi connectivity index (χ4v) is 4.52. The van der Waals surface area contributed by atoms with Gasteiger partial charge < -0.3 is 10.1 Å². The van der Waals surface area contributed by atoms with E-state index in [1.165, 1.54) is 30.3 Å². The standard InChI is InChI=1S/C24H25ClN2O4S/c1-4-22(17-7-10-19(31-3)11-8-17)26-24(28)18-9-14-23(21(25)15-18)27-32(29,30)20-12-5-16(2)6-13-20/h5-15,22,27H,4H2,1-3H3,(H,26,28)/t22-/m1/s1. The van der Waals surface area contributed by atoms with Crippen LogP contribution in [-0.2, 0) is 10.0 Å². The van der Waals surface area contributed by atoms with Gasteiger partial charge in [0.25, 0.3) is 15.9 Å². The minimum absolute atomic E-state index is 0.130. The fourth-order valence-electron chi connectivity index (χ4n) is 3.16. The molecule has 168 valence electrons. The second-order valence-electron chi connectivity index (χ2n) is 7.32. The lowest BCUT2D eigenvalue weighted by Gasteiger charge is -2.18. The van der Waals surface area contributed by atoms with Crippen molar-refractivity contribution in [1.82, 2.24) is 5.32 Å². The molecule has 0 fully saturated rings. The minimum Gasteiger partial charge on any atom is -0.497 e. The molecule has 3 aromatic carbocycles. The second kappa shape index (κ2) is 10.1. The summed E-state index contributed by atoms with van der Waals surface area (Å²) in [5, 5.41) is 3.12. The quantitative estimate of drug-likeness (QED) is 0.463. The van der Waals surface area contributed by atoms with Crippen LogP contribution in [0.2, 0.25) is 5.02 Å². The summed E-state index contributed by atoms with van der Waals surface area (Å²) in [5.74, 6) is 0.438. The van der Waals surface area contributed by atoms with E-state index in [9.17, 15) is 13.2 Å². The summed E-state index contributed by atoms with van der Waals surface area (Å²) in [6.07, 6.45) is 0.695. The zero-order valence-electron chi connectivity index (χ0n) is 18.1. The monoisotopic (exact) mass is 472 g/mol. The summed E-state index contributed by atoms with van der Waals surface area (Å²) < 4.78 is 32.9. The highest BCUT2D eigenvalue weighted by atomic mass is 35.5. The van der Waals surface area contributed by atoms with Crippen molar-refractivity contribution in [3.8, 4) is 5.75 Å². The van der Waals surface area contributed by atoms with E-state index >= 15 is 0 Å². The van der Waals surface area contributed by atoms with E-state index < -0.39 is 10.0 Å². The molecule has 3 aromatic rings. The first-order chi connectivity index (χ1) is 15.2. The van der Waals surface area contributed by atoms with Crippen LogP contribution in [0.1, 0.15) is 40.9 Å². The van der Waals surface area contributed by atoms with Gasteiger partial charge in [-0.15, -0.1) is 0 Å². The molecule has 0 bridgehead atoms. The van der Waals surface area contributed by atoms with Crippen molar-refractivity contribution < 1.29 is 17.9 Å². The van der Waals surface area contributed by atoms with Crippen LogP contribution in [0.25, 0.3) is 0 Å². The summed E-state index contributed by atoms with van der Waals surface area (Å²) in [5.41, 5.74) is 2.44. The van der Waals surface area contributed by atoms with Crippen molar-refractivity contribution in [2.75, 3.05) is 11.8 Å². The van der Waals surface area contributed by atoms with E-state index in [1.54, 1.807) is 19.2 Å². The molecule has 32 heavy (non-hydrogen) atoms. The van der Waals surface area contributed by atoms with Crippen LogP contribution < -0.4 is 14.8 Å². The Balaban J connectivity index is 1.74. The van der Waals surface area contributed by atoms with Gasteiger partial charge in [-0.05, 0) is 61.4 Å². The Labute approximate surface area is 193 Å². The smallest absolute Gasteiger partial charge is 0.261 e. The Kier molecular flexibility index (Phi) is 7.43. The number of methoxy groups -OCH3 is 1. The van der Waals surface area contributed by atoms with E-state index in [0.717, 1.165) is 16.9 Å². The average Bonchev–Trinajstić information content (AvgIpc) is 2.79. The molecule has 2 N–H and O–H groups in total. The summed E-state index contributed by atoms with van der Waals surface area (Å²) in [7, 11) is -2.20. The molecule has 0 aromatic heterocycles. The Hall–Kier alpha value is -3.03. The normalized spacial score (nSPS) is 12.1. The zero-order chi connectivity index (χ0) is 23.3. The first-order valence-corrected chi connectivity index (χ1v) is 11.9. The maximum atomic E-state index is 12.8. The summed E-state index contributed by atoms with van der Waals surface area (Å²) in [4.78, 5) is 12.9. The van der Waals surface area contributed by atoms with Gasteiger partial charge in [0.1, 0.15) is 5.75 Å². The van der Waals surface area contributed by atoms with Gasteiger partial charge in [0.05, 0.1) is 28.8 Å². The summed E-state index contributed by atoms with van der Waals surface area (Å²) in [6, 6.07) is 18.3. The minimum atomic E-state index is -3.80. The Morgan fingerprint density at radius 3 is 2.25 bits per heavy atom. The van der Waals surface area contributed by atoms with Crippen LogP contribution in [0.15, 0.2) is 71.6 Å². The summed E-state index contributed by atoms with van der Waals surface area (Å²) in [6.45, 7) is 3.85. The van der Waals surface area contributed by atoms with E-state index in [0.29, 0.717) is 12.0 Å². The molecular formula is C24H25ClN2O4S. The number of carbonyl (C=O) groups is 1. The molecule has 0 saturated heterocycles. The molecule has 0 saturated carbocycles. The number of carbonyl (C=O) groups excluding carboxylic acids is 1. The van der Waals surface area contributed by atoms with E-state index in [1.807, 2.05) is 38.1 Å². The highest BCUT2D eigenvalue weighted by Gasteiger charge is 2.18. The van der Waals surface area contributed by atoms with E-state index in [-0.39, 0.29) is 27.6 Å². The lowest BCUT2D eigenvalue weighted by molar-refractivity contribution is 0.0935.